The van der Waals surface area contributed by atoms with Crippen LogP contribution in [-0.4, -0.2) is 24.5 Å². The lowest BCUT2D eigenvalue weighted by Gasteiger charge is -2.26. The van der Waals surface area contributed by atoms with Crippen LogP contribution in [0.15, 0.2) is 23.1 Å². The second-order valence-electron chi connectivity index (χ2n) is 3.47. The van der Waals surface area contributed by atoms with Crippen LogP contribution in [0, 0.1) is 0 Å². The van der Waals surface area contributed by atoms with E-state index in [0.29, 0.717) is 0 Å². The topological polar surface area (TPSA) is 32.3 Å². The van der Waals surface area contributed by atoms with E-state index < -0.39 is 0 Å². The molecule has 1 aliphatic heterocycles. The molecule has 76 valence electrons. The number of hydrogen-bond donors (Lipinski definition) is 2. The Labute approximate surface area is 88.7 Å². The minimum Gasteiger partial charge on any atom is -0.394 e. The number of fused-ring (bicyclic) bond motifs is 1. The molecule has 3 heteroatoms. The largest absolute Gasteiger partial charge is 0.394 e. The van der Waals surface area contributed by atoms with Crippen LogP contribution in [-0.2, 0) is 6.42 Å². The summed E-state index contributed by atoms with van der Waals surface area (Å²) >= 11 is 1.79. The van der Waals surface area contributed by atoms with Crippen LogP contribution in [0.2, 0.25) is 0 Å². The Morgan fingerprint density at radius 3 is 3.14 bits per heavy atom. The number of rotatable bonds is 2. The minimum absolute atomic E-state index is 0.130. The SMILES string of the molecule is CSc1cccc2c1CCN[C@H]2CO. The Balaban J connectivity index is 2.43. The van der Waals surface area contributed by atoms with Crippen molar-refractivity contribution in [1.29, 1.82) is 0 Å². The highest BCUT2D eigenvalue weighted by Gasteiger charge is 2.20. The third-order valence-corrected chi connectivity index (χ3v) is 3.54. The zero-order valence-corrected chi connectivity index (χ0v) is 9.10. The predicted molar refractivity (Wildman–Crippen MR) is 59.8 cm³/mol. The molecule has 0 unspecified atom stereocenters. The highest BCUT2D eigenvalue weighted by molar-refractivity contribution is 7.98. The van der Waals surface area contributed by atoms with Gasteiger partial charge in [0.25, 0.3) is 0 Å². The first-order valence-electron chi connectivity index (χ1n) is 4.87. The molecule has 2 nitrogen and oxygen atoms in total. The fourth-order valence-electron chi connectivity index (χ4n) is 2.01. The molecular weight excluding hydrogens is 194 g/mol. The van der Waals surface area contributed by atoms with Crippen molar-refractivity contribution in [3.05, 3.63) is 29.3 Å². The number of thioether (sulfide) groups is 1. The van der Waals surface area contributed by atoms with E-state index in [4.69, 9.17) is 0 Å². The average Bonchev–Trinajstić information content (AvgIpc) is 2.27. The van der Waals surface area contributed by atoms with Gasteiger partial charge in [-0.05, 0) is 36.4 Å². The molecule has 1 atom stereocenters. The zero-order chi connectivity index (χ0) is 9.97. The van der Waals surface area contributed by atoms with Crippen LogP contribution in [0.4, 0.5) is 0 Å². The lowest BCUT2D eigenvalue weighted by atomic mass is 9.95. The first-order valence-corrected chi connectivity index (χ1v) is 6.09. The van der Waals surface area contributed by atoms with Crippen molar-refractivity contribution in [2.45, 2.75) is 17.4 Å². The molecule has 0 saturated carbocycles. The molecule has 0 fully saturated rings. The summed E-state index contributed by atoms with van der Waals surface area (Å²) in [6.45, 7) is 1.15. The molecule has 0 aromatic heterocycles. The molecular formula is C11H15NOS. The molecule has 14 heavy (non-hydrogen) atoms. The van der Waals surface area contributed by atoms with Gasteiger partial charge in [0, 0.05) is 4.90 Å². The maximum atomic E-state index is 9.23. The molecule has 1 aromatic carbocycles. The number of benzene rings is 1. The van der Waals surface area contributed by atoms with Gasteiger partial charge in [-0.3, -0.25) is 0 Å². The van der Waals surface area contributed by atoms with Gasteiger partial charge in [-0.25, -0.2) is 0 Å². The molecule has 1 heterocycles. The van der Waals surface area contributed by atoms with Gasteiger partial charge in [0.2, 0.25) is 0 Å². The molecule has 0 saturated heterocycles. The van der Waals surface area contributed by atoms with Crippen molar-refractivity contribution in [3.8, 4) is 0 Å². The standard InChI is InChI=1S/C11H15NOS/c1-14-11-4-2-3-8-9(11)5-6-12-10(8)7-13/h2-4,10,12-13H,5-7H2,1H3/t10-/m0/s1. The Kier molecular flexibility index (Phi) is 3.11. The van der Waals surface area contributed by atoms with Crippen LogP contribution in [0.25, 0.3) is 0 Å². The van der Waals surface area contributed by atoms with Crippen molar-refractivity contribution in [2.75, 3.05) is 19.4 Å². The first kappa shape index (κ1) is 10.0. The fourth-order valence-corrected chi connectivity index (χ4v) is 2.69. The van der Waals surface area contributed by atoms with E-state index in [-0.39, 0.29) is 12.6 Å². The summed E-state index contributed by atoms with van der Waals surface area (Å²) in [6.07, 6.45) is 3.18. The summed E-state index contributed by atoms with van der Waals surface area (Å²) in [4.78, 5) is 1.35. The van der Waals surface area contributed by atoms with Crippen LogP contribution in [0.5, 0.6) is 0 Å². The van der Waals surface area contributed by atoms with Crippen LogP contribution in [0.3, 0.4) is 0 Å². The summed E-state index contributed by atoms with van der Waals surface area (Å²) in [5.41, 5.74) is 2.68. The normalized spacial score (nSPS) is 20.6. The third kappa shape index (κ3) is 1.67. The summed E-state index contributed by atoms with van der Waals surface area (Å²) in [7, 11) is 0. The van der Waals surface area contributed by atoms with Crippen molar-refractivity contribution < 1.29 is 5.11 Å². The van der Waals surface area contributed by atoms with Gasteiger partial charge in [-0.15, -0.1) is 11.8 Å². The maximum absolute atomic E-state index is 9.23. The summed E-state index contributed by atoms with van der Waals surface area (Å²) < 4.78 is 0. The van der Waals surface area contributed by atoms with E-state index in [9.17, 15) is 5.11 Å². The number of aliphatic hydroxyl groups excluding tert-OH is 1. The molecule has 0 radical (unpaired) electrons. The van der Waals surface area contributed by atoms with Gasteiger partial charge >= 0.3 is 0 Å². The maximum Gasteiger partial charge on any atom is 0.0626 e. The van der Waals surface area contributed by atoms with E-state index in [1.165, 1.54) is 16.0 Å². The Bertz CT molecular complexity index is 327. The van der Waals surface area contributed by atoms with Gasteiger partial charge in [0.05, 0.1) is 12.6 Å². The molecule has 0 spiro atoms. The van der Waals surface area contributed by atoms with Crippen molar-refractivity contribution in [2.24, 2.45) is 0 Å². The van der Waals surface area contributed by atoms with Crippen LogP contribution < -0.4 is 5.32 Å². The lowest BCUT2D eigenvalue weighted by Crippen LogP contribution is -2.32. The molecule has 1 aromatic rings. The number of nitrogens with one attached hydrogen (secondary N) is 1. The van der Waals surface area contributed by atoms with E-state index in [1.807, 2.05) is 0 Å². The monoisotopic (exact) mass is 209 g/mol. The second-order valence-corrected chi connectivity index (χ2v) is 4.32. The zero-order valence-electron chi connectivity index (χ0n) is 8.29. The third-order valence-electron chi connectivity index (χ3n) is 2.71. The second kappa shape index (κ2) is 4.34. The van der Waals surface area contributed by atoms with E-state index in [0.717, 1.165) is 13.0 Å². The Morgan fingerprint density at radius 1 is 1.57 bits per heavy atom. The molecule has 1 aliphatic rings. The number of hydrogen-bond acceptors (Lipinski definition) is 3. The van der Waals surface area contributed by atoms with Crippen LogP contribution >= 0.6 is 11.8 Å². The van der Waals surface area contributed by atoms with Gasteiger partial charge in [-0.1, -0.05) is 12.1 Å². The lowest BCUT2D eigenvalue weighted by molar-refractivity contribution is 0.239. The smallest absolute Gasteiger partial charge is 0.0626 e. The number of aliphatic hydroxyl groups is 1. The van der Waals surface area contributed by atoms with Crippen molar-refractivity contribution >= 4 is 11.8 Å². The van der Waals surface area contributed by atoms with Gasteiger partial charge < -0.3 is 10.4 Å². The molecule has 0 amide bonds. The van der Waals surface area contributed by atoms with E-state index >= 15 is 0 Å². The minimum atomic E-state index is 0.130. The van der Waals surface area contributed by atoms with Crippen molar-refractivity contribution in [1.82, 2.24) is 5.32 Å². The fraction of sp³-hybridized carbons (Fsp3) is 0.455. The highest BCUT2D eigenvalue weighted by Crippen LogP contribution is 2.30. The summed E-state index contributed by atoms with van der Waals surface area (Å²) in [5, 5.41) is 12.5. The van der Waals surface area contributed by atoms with Crippen LogP contribution in [0.1, 0.15) is 17.2 Å². The molecule has 2 rings (SSSR count). The van der Waals surface area contributed by atoms with Crippen molar-refractivity contribution in [3.63, 3.8) is 0 Å². The van der Waals surface area contributed by atoms with E-state index in [1.54, 1.807) is 11.8 Å². The Morgan fingerprint density at radius 2 is 2.43 bits per heavy atom. The van der Waals surface area contributed by atoms with E-state index in [2.05, 4.69) is 29.8 Å². The average molecular weight is 209 g/mol. The highest BCUT2D eigenvalue weighted by atomic mass is 32.2. The van der Waals surface area contributed by atoms with Gasteiger partial charge in [0.15, 0.2) is 0 Å². The quantitative estimate of drug-likeness (QED) is 0.725. The summed E-state index contributed by atoms with van der Waals surface area (Å²) in [6, 6.07) is 6.47. The molecule has 0 aliphatic carbocycles. The summed E-state index contributed by atoms with van der Waals surface area (Å²) in [5.74, 6) is 0. The first-order chi connectivity index (χ1) is 6.86. The van der Waals surface area contributed by atoms with Gasteiger partial charge in [-0.2, -0.15) is 0 Å². The van der Waals surface area contributed by atoms with Gasteiger partial charge in [0.1, 0.15) is 0 Å². The molecule has 2 N–H and O–H groups in total. The molecule has 0 bridgehead atoms. The Hall–Kier alpha value is -0.510. The predicted octanol–water partition coefficient (Wildman–Crippen LogP) is 1.59.